The molecule has 17 heavy (non-hydrogen) atoms. The Hall–Kier alpha value is -1.19. The van der Waals surface area contributed by atoms with Crippen LogP contribution >= 0.6 is 15.9 Å². The van der Waals surface area contributed by atoms with Gasteiger partial charge in [-0.05, 0) is 42.2 Å². The monoisotopic (exact) mass is 290 g/mol. The van der Waals surface area contributed by atoms with Gasteiger partial charge in [-0.15, -0.1) is 0 Å². The molecule has 0 aliphatic carbocycles. The first-order valence-electron chi connectivity index (χ1n) is 5.58. The summed E-state index contributed by atoms with van der Waals surface area (Å²) in [5.41, 5.74) is 9.81. The summed E-state index contributed by atoms with van der Waals surface area (Å²) >= 11 is 3.53. The van der Waals surface area contributed by atoms with Gasteiger partial charge in [0.2, 0.25) is 0 Å². The maximum atomic E-state index is 6.25. The average Bonchev–Trinajstić information content (AvgIpc) is 2.34. The van der Waals surface area contributed by atoms with Gasteiger partial charge in [0.25, 0.3) is 0 Å². The Morgan fingerprint density at radius 3 is 2.82 bits per heavy atom. The molecular formula is C14H15BrN2. The molecule has 2 rings (SSSR count). The Balaban J connectivity index is 2.20. The number of rotatable bonds is 3. The van der Waals surface area contributed by atoms with Gasteiger partial charge in [-0.1, -0.05) is 34.1 Å². The Kier molecular flexibility index (Phi) is 3.92. The molecule has 0 aliphatic heterocycles. The molecule has 2 aromatic rings. The molecule has 0 fully saturated rings. The largest absolute Gasteiger partial charge is 0.324 e. The van der Waals surface area contributed by atoms with Crippen LogP contribution in [0, 0.1) is 6.92 Å². The van der Waals surface area contributed by atoms with E-state index in [2.05, 4.69) is 40.0 Å². The van der Waals surface area contributed by atoms with Crippen LogP contribution in [0.1, 0.15) is 22.7 Å². The van der Waals surface area contributed by atoms with Crippen molar-refractivity contribution in [1.82, 2.24) is 4.98 Å². The summed E-state index contributed by atoms with van der Waals surface area (Å²) < 4.78 is 1.11. The predicted molar refractivity (Wildman–Crippen MR) is 73.7 cm³/mol. The van der Waals surface area contributed by atoms with E-state index in [0.29, 0.717) is 0 Å². The van der Waals surface area contributed by atoms with Crippen LogP contribution in [0.4, 0.5) is 0 Å². The van der Waals surface area contributed by atoms with Gasteiger partial charge in [0, 0.05) is 22.9 Å². The van der Waals surface area contributed by atoms with E-state index in [1.54, 1.807) is 6.20 Å². The number of hydrogen-bond donors (Lipinski definition) is 1. The van der Waals surface area contributed by atoms with E-state index in [9.17, 15) is 0 Å². The quantitative estimate of drug-likeness (QED) is 0.941. The molecule has 0 saturated heterocycles. The summed E-state index contributed by atoms with van der Waals surface area (Å²) in [5.74, 6) is 0. The van der Waals surface area contributed by atoms with Crippen molar-refractivity contribution in [2.45, 2.75) is 19.4 Å². The number of halogens is 1. The van der Waals surface area contributed by atoms with Crippen molar-refractivity contribution < 1.29 is 0 Å². The molecule has 2 N–H and O–H groups in total. The Morgan fingerprint density at radius 2 is 2.12 bits per heavy atom. The average molecular weight is 291 g/mol. The lowest BCUT2D eigenvalue weighted by atomic mass is 9.97. The standard InChI is InChI=1S/C14H15BrN2/c1-10-12(5-2-6-13(10)15)14(16)8-11-4-3-7-17-9-11/h2-7,9,14H,8,16H2,1H3. The third-order valence-electron chi connectivity index (χ3n) is 2.89. The van der Waals surface area contributed by atoms with Crippen LogP contribution in [0.3, 0.4) is 0 Å². The van der Waals surface area contributed by atoms with Crippen LogP contribution in [0.25, 0.3) is 0 Å². The molecule has 0 radical (unpaired) electrons. The third-order valence-corrected chi connectivity index (χ3v) is 3.75. The summed E-state index contributed by atoms with van der Waals surface area (Å²) in [7, 11) is 0. The number of pyridine rings is 1. The maximum Gasteiger partial charge on any atom is 0.0339 e. The minimum atomic E-state index is 0.0108. The van der Waals surface area contributed by atoms with Gasteiger partial charge >= 0.3 is 0 Å². The molecular weight excluding hydrogens is 276 g/mol. The molecule has 0 spiro atoms. The van der Waals surface area contributed by atoms with E-state index in [4.69, 9.17) is 5.73 Å². The van der Waals surface area contributed by atoms with Crippen molar-refractivity contribution in [3.8, 4) is 0 Å². The number of aromatic nitrogens is 1. The van der Waals surface area contributed by atoms with Gasteiger partial charge in [-0.3, -0.25) is 4.98 Å². The number of nitrogens with zero attached hydrogens (tertiary/aromatic N) is 1. The van der Waals surface area contributed by atoms with Crippen LogP contribution in [0.2, 0.25) is 0 Å². The van der Waals surface area contributed by atoms with Crippen molar-refractivity contribution in [3.63, 3.8) is 0 Å². The number of benzene rings is 1. The molecule has 0 bridgehead atoms. The Bertz CT molecular complexity index is 497. The fraction of sp³-hybridized carbons (Fsp3) is 0.214. The van der Waals surface area contributed by atoms with Crippen molar-refractivity contribution in [2.24, 2.45) is 5.73 Å². The minimum Gasteiger partial charge on any atom is -0.324 e. The van der Waals surface area contributed by atoms with Crippen LogP contribution in [-0.2, 0) is 6.42 Å². The lowest BCUT2D eigenvalue weighted by Crippen LogP contribution is -2.14. The van der Waals surface area contributed by atoms with E-state index in [1.807, 2.05) is 24.4 Å². The predicted octanol–water partition coefficient (Wildman–Crippen LogP) is 3.40. The number of nitrogens with two attached hydrogens (primary N) is 1. The first-order chi connectivity index (χ1) is 8.18. The fourth-order valence-electron chi connectivity index (χ4n) is 1.91. The fourth-order valence-corrected chi connectivity index (χ4v) is 2.29. The van der Waals surface area contributed by atoms with E-state index < -0.39 is 0 Å². The van der Waals surface area contributed by atoms with Gasteiger partial charge < -0.3 is 5.73 Å². The lowest BCUT2D eigenvalue weighted by molar-refractivity contribution is 0.714. The van der Waals surface area contributed by atoms with Crippen molar-refractivity contribution >= 4 is 15.9 Å². The van der Waals surface area contributed by atoms with E-state index in [0.717, 1.165) is 10.9 Å². The zero-order chi connectivity index (χ0) is 12.3. The van der Waals surface area contributed by atoms with Crippen molar-refractivity contribution in [1.29, 1.82) is 0 Å². The molecule has 1 aromatic heterocycles. The van der Waals surface area contributed by atoms with Gasteiger partial charge in [0.1, 0.15) is 0 Å². The van der Waals surface area contributed by atoms with Crippen LogP contribution in [-0.4, -0.2) is 4.98 Å². The minimum absolute atomic E-state index is 0.0108. The van der Waals surface area contributed by atoms with E-state index in [1.165, 1.54) is 16.7 Å². The maximum absolute atomic E-state index is 6.25. The van der Waals surface area contributed by atoms with Crippen LogP contribution in [0.5, 0.6) is 0 Å². The first-order valence-corrected chi connectivity index (χ1v) is 6.37. The highest BCUT2D eigenvalue weighted by Gasteiger charge is 2.11. The van der Waals surface area contributed by atoms with Crippen LogP contribution < -0.4 is 5.73 Å². The summed E-state index contributed by atoms with van der Waals surface area (Å²) in [4.78, 5) is 4.11. The lowest BCUT2D eigenvalue weighted by Gasteiger charge is -2.15. The van der Waals surface area contributed by atoms with Gasteiger partial charge in [-0.2, -0.15) is 0 Å². The van der Waals surface area contributed by atoms with Gasteiger partial charge in [0.15, 0.2) is 0 Å². The normalized spacial score (nSPS) is 12.4. The molecule has 1 unspecified atom stereocenters. The smallest absolute Gasteiger partial charge is 0.0339 e. The molecule has 0 amide bonds. The molecule has 2 nitrogen and oxygen atoms in total. The zero-order valence-electron chi connectivity index (χ0n) is 9.73. The van der Waals surface area contributed by atoms with Crippen molar-refractivity contribution in [2.75, 3.05) is 0 Å². The third kappa shape index (κ3) is 2.93. The molecule has 88 valence electrons. The zero-order valence-corrected chi connectivity index (χ0v) is 11.3. The van der Waals surface area contributed by atoms with Crippen LogP contribution in [0.15, 0.2) is 47.2 Å². The van der Waals surface area contributed by atoms with E-state index >= 15 is 0 Å². The summed E-state index contributed by atoms with van der Waals surface area (Å²) in [6.45, 7) is 2.09. The summed E-state index contributed by atoms with van der Waals surface area (Å²) in [5, 5.41) is 0. The van der Waals surface area contributed by atoms with Gasteiger partial charge in [-0.25, -0.2) is 0 Å². The first kappa shape index (κ1) is 12.3. The Morgan fingerprint density at radius 1 is 1.29 bits per heavy atom. The Labute approximate surface area is 110 Å². The molecule has 0 saturated carbocycles. The molecule has 3 heteroatoms. The SMILES string of the molecule is Cc1c(Br)cccc1C(N)Cc1cccnc1. The second kappa shape index (κ2) is 5.43. The second-order valence-electron chi connectivity index (χ2n) is 4.13. The molecule has 1 heterocycles. The second-order valence-corrected chi connectivity index (χ2v) is 4.98. The molecule has 0 aliphatic rings. The molecule has 1 aromatic carbocycles. The highest BCUT2D eigenvalue weighted by molar-refractivity contribution is 9.10. The number of hydrogen-bond acceptors (Lipinski definition) is 2. The van der Waals surface area contributed by atoms with E-state index in [-0.39, 0.29) is 6.04 Å². The summed E-state index contributed by atoms with van der Waals surface area (Å²) in [6.07, 6.45) is 4.46. The molecule has 1 atom stereocenters. The topological polar surface area (TPSA) is 38.9 Å². The van der Waals surface area contributed by atoms with Gasteiger partial charge in [0.05, 0.1) is 0 Å². The van der Waals surface area contributed by atoms with Crippen molar-refractivity contribution in [3.05, 3.63) is 63.9 Å². The highest BCUT2D eigenvalue weighted by atomic mass is 79.9. The summed E-state index contributed by atoms with van der Waals surface area (Å²) in [6, 6.07) is 10.2. The highest BCUT2D eigenvalue weighted by Crippen LogP contribution is 2.25.